The van der Waals surface area contributed by atoms with Gasteiger partial charge < -0.3 is 5.73 Å². The standard InChI is InChI=1S/C3H5NO.Bi.3H/c1-2-3(4)5;;;;/h2H,1H2,(H2,4,5);;;;. The third-order valence-electron chi connectivity index (χ3n) is 0.201. The van der Waals surface area contributed by atoms with Gasteiger partial charge in [0, 0.05) is 0 Å². The van der Waals surface area contributed by atoms with E-state index in [-0.39, 0.29) is 26.2 Å². The van der Waals surface area contributed by atoms with Crippen LogP contribution in [-0.4, -0.2) is 32.1 Å². The zero-order valence-corrected chi connectivity index (χ0v) is 8.97. The Hall–Kier alpha value is 0.0931. The molecule has 0 atom stereocenters. The molecule has 0 aromatic rings. The number of nitrogens with two attached hydrogens (primary N) is 1. The van der Waals surface area contributed by atoms with Crippen molar-refractivity contribution in [1.82, 2.24) is 0 Å². The quantitative estimate of drug-likeness (QED) is 0.461. The number of carbonyl (C=O) groups is 1. The van der Waals surface area contributed by atoms with Crippen LogP contribution < -0.4 is 5.73 Å². The van der Waals surface area contributed by atoms with Gasteiger partial charge in [0.1, 0.15) is 0 Å². The molecule has 2 nitrogen and oxygen atoms in total. The number of hydrogen-bond acceptors (Lipinski definition) is 1. The monoisotopic (exact) mass is 283 g/mol. The Morgan fingerprint density at radius 2 is 2.00 bits per heavy atom. The van der Waals surface area contributed by atoms with Gasteiger partial charge in [-0.05, 0) is 6.08 Å². The van der Waals surface area contributed by atoms with E-state index in [0.29, 0.717) is 0 Å². The summed E-state index contributed by atoms with van der Waals surface area (Å²) in [4.78, 5) is 9.47. The van der Waals surface area contributed by atoms with E-state index in [1.165, 1.54) is 0 Å². The van der Waals surface area contributed by atoms with E-state index >= 15 is 0 Å². The molecule has 0 saturated carbocycles. The van der Waals surface area contributed by atoms with Crippen LogP contribution in [0.2, 0.25) is 0 Å². The summed E-state index contributed by atoms with van der Waals surface area (Å²) in [7, 11) is 0. The predicted octanol–water partition coefficient (Wildman–Crippen LogP) is -1.53. The molecule has 6 heavy (non-hydrogen) atoms. The summed E-state index contributed by atoms with van der Waals surface area (Å²) in [6.07, 6.45) is 1.06. The van der Waals surface area contributed by atoms with Gasteiger partial charge in [0.25, 0.3) is 0 Å². The SMILES string of the molecule is C=CC(N)=O.[BiH3]. The molecular weight excluding hydrogens is 275 g/mol. The van der Waals surface area contributed by atoms with Crippen LogP contribution >= 0.6 is 0 Å². The topological polar surface area (TPSA) is 43.1 Å². The molecule has 0 spiro atoms. The second-order valence-electron chi connectivity index (χ2n) is 0.606. The molecule has 0 radical (unpaired) electrons. The van der Waals surface area contributed by atoms with E-state index in [1.54, 1.807) is 0 Å². The molecule has 3 heteroatoms. The fourth-order valence-corrected chi connectivity index (χ4v) is 0. The van der Waals surface area contributed by atoms with Crippen molar-refractivity contribution >= 4 is 32.1 Å². The molecule has 0 aliphatic carbocycles. The summed E-state index contributed by atoms with van der Waals surface area (Å²) in [6.45, 7) is 3.09. The van der Waals surface area contributed by atoms with Gasteiger partial charge in [-0.3, -0.25) is 4.79 Å². The van der Waals surface area contributed by atoms with Crippen molar-refractivity contribution in [3.05, 3.63) is 12.7 Å². The zero-order valence-electron chi connectivity index (χ0n) is 3.48. The van der Waals surface area contributed by atoms with Crippen LogP contribution in [0.5, 0.6) is 0 Å². The Morgan fingerprint density at radius 1 is 1.83 bits per heavy atom. The third kappa shape index (κ3) is 8.94. The van der Waals surface area contributed by atoms with Gasteiger partial charge in [-0.15, -0.1) is 0 Å². The molecule has 0 aromatic heterocycles. The first-order valence-electron chi connectivity index (χ1n) is 1.19. The minimum atomic E-state index is -0.481. The van der Waals surface area contributed by atoms with Crippen molar-refractivity contribution in [2.75, 3.05) is 0 Å². The van der Waals surface area contributed by atoms with Crippen LogP contribution in [0.15, 0.2) is 12.7 Å². The average Bonchev–Trinajstić information content (AvgIpc) is 1.38. The molecule has 0 bridgehead atoms. The zero-order chi connectivity index (χ0) is 4.28. The Labute approximate surface area is 55.5 Å². The average molecular weight is 283 g/mol. The van der Waals surface area contributed by atoms with Gasteiger partial charge in [-0.1, -0.05) is 6.58 Å². The molecular formula is C3H8BiNO. The second kappa shape index (κ2) is 5.09. The summed E-state index contributed by atoms with van der Waals surface area (Å²) < 4.78 is 0. The van der Waals surface area contributed by atoms with E-state index in [2.05, 4.69) is 12.3 Å². The van der Waals surface area contributed by atoms with Gasteiger partial charge >= 0.3 is 26.2 Å². The van der Waals surface area contributed by atoms with Crippen molar-refractivity contribution in [3.8, 4) is 0 Å². The van der Waals surface area contributed by atoms with E-state index < -0.39 is 5.91 Å². The predicted molar refractivity (Wildman–Crippen MR) is 29.3 cm³/mol. The third-order valence-corrected chi connectivity index (χ3v) is 0.201. The molecule has 0 heterocycles. The number of hydrogen-bond donors (Lipinski definition) is 1. The Kier molecular flexibility index (Phi) is 8.01. The van der Waals surface area contributed by atoms with Crippen LogP contribution in [0, 0.1) is 0 Å². The summed E-state index contributed by atoms with van der Waals surface area (Å²) in [5, 5.41) is 0. The maximum absolute atomic E-state index is 9.47. The molecule has 36 valence electrons. The van der Waals surface area contributed by atoms with E-state index in [9.17, 15) is 4.79 Å². The minimum absolute atomic E-state index is 0. The Bertz CT molecular complexity index is 61.8. The molecule has 0 aliphatic rings. The van der Waals surface area contributed by atoms with Crippen molar-refractivity contribution in [1.29, 1.82) is 0 Å². The summed E-state index contributed by atoms with van der Waals surface area (Å²) in [5.41, 5.74) is 4.53. The molecule has 0 rings (SSSR count). The summed E-state index contributed by atoms with van der Waals surface area (Å²) >= 11 is 0. The van der Waals surface area contributed by atoms with E-state index in [0.717, 1.165) is 6.08 Å². The Morgan fingerprint density at radius 3 is 2.00 bits per heavy atom. The van der Waals surface area contributed by atoms with Gasteiger partial charge in [0.05, 0.1) is 0 Å². The van der Waals surface area contributed by atoms with Crippen molar-refractivity contribution in [2.45, 2.75) is 0 Å². The molecule has 0 saturated heterocycles. The van der Waals surface area contributed by atoms with Crippen molar-refractivity contribution < 1.29 is 4.79 Å². The van der Waals surface area contributed by atoms with Crippen LogP contribution in [0.3, 0.4) is 0 Å². The van der Waals surface area contributed by atoms with Gasteiger partial charge in [-0.25, -0.2) is 0 Å². The number of amides is 1. The molecule has 0 aromatic carbocycles. The van der Waals surface area contributed by atoms with Gasteiger partial charge in [0.2, 0.25) is 5.91 Å². The summed E-state index contributed by atoms with van der Waals surface area (Å²) in [5.74, 6) is -0.481. The van der Waals surface area contributed by atoms with Crippen LogP contribution in [0.25, 0.3) is 0 Å². The number of rotatable bonds is 1. The molecule has 0 fully saturated rings. The molecule has 0 unspecified atom stereocenters. The summed E-state index contributed by atoms with van der Waals surface area (Å²) in [6, 6.07) is 0. The van der Waals surface area contributed by atoms with Crippen LogP contribution in [0.4, 0.5) is 0 Å². The first-order chi connectivity index (χ1) is 2.27. The maximum atomic E-state index is 9.47. The fraction of sp³-hybridized carbons (Fsp3) is 0. The van der Waals surface area contributed by atoms with Gasteiger partial charge in [0.15, 0.2) is 0 Å². The van der Waals surface area contributed by atoms with E-state index in [1.807, 2.05) is 0 Å². The van der Waals surface area contributed by atoms with Crippen LogP contribution in [0.1, 0.15) is 0 Å². The van der Waals surface area contributed by atoms with E-state index in [4.69, 9.17) is 0 Å². The number of primary amides is 1. The number of carbonyl (C=O) groups excluding carboxylic acids is 1. The fourth-order valence-electron chi connectivity index (χ4n) is 0. The molecule has 1 amide bonds. The van der Waals surface area contributed by atoms with Crippen molar-refractivity contribution in [3.63, 3.8) is 0 Å². The first-order valence-corrected chi connectivity index (χ1v) is 1.19. The van der Waals surface area contributed by atoms with Crippen molar-refractivity contribution in [2.24, 2.45) is 5.73 Å². The first kappa shape index (κ1) is 9.43. The normalized spacial score (nSPS) is 5.33. The van der Waals surface area contributed by atoms with Gasteiger partial charge in [-0.2, -0.15) is 0 Å². The molecule has 0 aliphatic heterocycles. The Balaban J connectivity index is 0. The second-order valence-corrected chi connectivity index (χ2v) is 0.606. The van der Waals surface area contributed by atoms with Crippen LogP contribution in [-0.2, 0) is 4.79 Å². The molecule has 2 N–H and O–H groups in total.